The first-order valence-corrected chi connectivity index (χ1v) is 9.34. The molecule has 0 spiro atoms. The summed E-state index contributed by atoms with van der Waals surface area (Å²) in [5.74, 6) is -5.21. The van der Waals surface area contributed by atoms with Gasteiger partial charge in [0.05, 0.1) is 21.7 Å². The summed E-state index contributed by atoms with van der Waals surface area (Å²) >= 11 is 0. The first kappa shape index (κ1) is 21.0. The molecular weight excluding hydrogens is 394 g/mol. The first-order valence-electron chi connectivity index (χ1n) is 7.80. The zero-order valence-electron chi connectivity index (χ0n) is 14.4. The number of halogens is 2. The molecule has 1 amide bonds. The number of alkyl halides is 2. The molecule has 7 nitrogen and oxygen atoms in total. The average Bonchev–Trinajstić information content (AvgIpc) is 2.68. The van der Waals surface area contributed by atoms with Crippen molar-refractivity contribution < 1.29 is 31.5 Å². The van der Waals surface area contributed by atoms with Crippen LogP contribution in [-0.2, 0) is 19.4 Å². The zero-order valence-corrected chi connectivity index (χ0v) is 15.2. The molecule has 0 unspecified atom stereocenters. The van der Waals surface area contributed by atoms with Crippen LogP contribution in [0.4, 0.5) is 14.5 Å². The van der Waals surface area contributed by atoms with E-state index in [2.05, 4.69) is 5.32 Å². The van der Waals surface area contributed by atoms with Gasteiger partial charge in [0, 0.05) is 0 Å². The minimum Gasteiger partial charge on any atom is -0.449 e. The molecule has 0 heterocycles. The molecule has 0 aliphatic carbocycles. The van der Waals surface area contributed by atoms with E-state index in [-0.39, 0.29) is 16.8 Å². The summed E-state index contributed by atoms with van der Waals surface area (Å²) in [6.45, 7) is 1.30. The lowest BCUT2D eigenvalue weighted by Gasteiger charge is -2.14. The third kappa shape index (κ3) is 4.69. The van der Waals surface area contributed by atoms with E-state index < -0.39 is 38.5 Å². The molecule has 10 heteroatoms. The highest BCUT2D eigenvalue weighted by atomic mass is 32.2. The number of anilines is 1. The summed E-state index contributed by atoms with van der Waals surface area (Å²) in [5.41, 5.74) is 0.356. The number of hydrogen-bond donors (Lipinski definition) is 1. The molecule has 0 saturated carbocycles. The molecule has 1 atom stereocenters. The lowest BCUT2D eigenvalue weighted by molar-refractivity contribution is -0.123. The van der Waals surface area contributed by atoms with E-state index in [9.17, 15) is 26.8 Å². The van der Waals surface area contributed by atoms with Crippen LogP contribution in [-0.4, -0.2) is 32.2 Å². The molecule has 2 aromatic rings. The second-order valence-corrected chi connectivity index (χ2v) is 7.44. The molecule has 28 heavy (non-hydrogen) atoms. The Morgan fingerprint density at radius 2 is 1.71 bits per heavy atom. The second-order valence-electron chi connectivity index (χ2n) is 5.52. The van der Waals surface area contributed by atoms with Gasteiger partial charge in [0.1, 0.15) is 6.07 Å². The number of nitriles is 1. The lowest BCUT2D eigenvalue weighted by atomic mass is 10.2. The van der Waals surface area contributed by atoms with E-state index in [0.29, 0.717) is 0 Å². The Morgan fingerprint density at radius 3 is 2.29 bits per heavy atom. The van der Waals surface area contributed by atoms with Crippen molar-refractivity contribution in [1.82, 2.24) is 0 Å². The molecule has 0 aliphatic rings. The quantitative estimate of drug-likeness (QED) is 0.736. The van der Waals surface area contributed by atoms with E-state index in [1.165, 1.54) is 19.1 Å². The summed E-state index contributed by atoms with van der Waals surface area (Å²) in [7, 11) is -4.77. The standard InChI is InChI=1S/C18H14F2N2O5S/c1-11(16(23)22-15-5-3-2-4-13(15)10-21)27-17(24)12-6-8-14(9-7-12)28(25,26)18(19)20/h2-9,11,18H,1H3,(H,22,23)/t11-/m1/s1. The average molecular weight is 408 g/mol. The number of carbonyl (C=O) groups excluding carboxylic acids is 2. The molecule has 0 saturated heterocycles. The van der Waals surface area contributed by atoms with Gasteiger partial charge in [0.25, 0.3) is 5.91 Å². The molecule has 0 radical (unpaired) electrons. The number of carbonyl (C=O) groups is 2. The SMILES string of the molecule is C[C@@H](OC(=O)c1ccc(S(=O)(=O)C(F)F)cc1)C(=O)Nc1ccccc1C#N. The minimum absolute atomic E-state index is 0.120. The normalized spacial score (nSPS) is 12.1. The molecule has 1 N–H and O–H groups in total. The van der Waals surface area contributed by atoms with Crippen LogP contribution >= 0.6 is 0 Å². The lowest BCUT2D eigenvalue weighted by Crippen LogP contribution is -2.30. The number of nitrogens with one attached hydrogen (secondary N) is 1. The number of esters is 1. The van der Waals surface area contributed by atoms with Gasteiger partial charge in [-0.25, -0.2) is 13.2 Å². The van der Waals surface area contributed by atoms with Crippen molar-refractivity contribution in [3.8, 4) is 6.07 Å². The highest BCUT2D eigenvalue weighted by Crippen LogP contribution is 2.19. The maximum absolute atomic E-state index is 12.5. The van der Waals surface area contributed by atoms with E-state index >= 15 is 0 Å². The fourth-order valence-corrected chi connectivity index (χ4v) is 2.81. The Hall–Kier alpha value is -3.32. The summed E-state index contributed by atoms with van der Waals surface area (Å²) in [5, 5.41) is 11.5. The Morgan fingerprint density at radius 1 is 1.11 bits per heavy atom. The highest BCUT2D eigenvalue weighted by Gasteiger charge is 2.27. The van der Waals surface area contributed by atoms with Gasteiger partial charge in [-0.3, -0.25) is 4.79 Å². The third-order valence-corrected chi connectivity index (χ3v) is 5.01. The number of ether oxygens (including phenoxy) is 1. The van der Waals surface area contributed by atoms with Crippen LogP contribution in [0.3, 0.4) is 0 Å². The third-order valence-electron chi connectivity index (χ3n) is 3.61. The highest BCUT2D eigenvalue weighted by molar-refractivity contribution is 7.91. The van der Waals surface area contributed by atoms with Crippen molar-refractivity contribution in [2.24, 2.45) is 0 Å². The molecule has 0 fully saturated rings. The second kappa shape index (κ2) is 8.58. The minimum atomic E-state index is -4.77. The maximum Gasteiger partial charge on any atom is 0.341 e. The molecule has 0 bridgehead atoms. The smallest absolute Gasteiger partial charge is 0.341 e. The summed E-state index contributed by atoms with van der Waals surface area (Å²) in [6.07, 6.45) is -1.23. The van der Waals surface area contributed by atoms with Crippen molar-refractivity contribution in [3.63, 3.8) is 0 Å². The zero-order chi connectivity index (χ0) is 20.9. The van der Waals surface area contributed by atoms with Gasteiger partial charge in [-0.05, 0) is 43.3 Å². The first-order chi connectivity index (χ1) is 13.2. The number of sulfone groups is 1. The van der Waals surface area contributed by atoms with E-state index in [0.717, 1.165) is 24.3 Å². The van der Waals surface area contributed by atoms with Gasteiger partial charge in [-0.2, -0.15) is 14.0 Å². The number of para-hydroxylation sites is 1. The van der Waals surface area contributed by atoms with E-state index in [4.69, 9.17) is 10.00 Å². The monoisotopic (exact) mass is 408 g/mol. The van der Waals surface area contributed by atoms with Gasteiger partial charge in [0.2, 0.25) is 9.84 Å². The predicted octanol–water partition coefficient (Wildman–Crippen LogP) is 2.74. The Bertz CT molecular complexity index is 1030. The molecular formula is C18H14F2N2O5S. The summed E-state index contributed by atoms with van der Waals surface area (Å²) in [4.78, 5) is 23.6. The van der Waals surface area contributed by atoms with E-state index in [1.807, 2.05) is 6.07 Å². The van der Waals surface area contributed by atoms with Gasteiger partial charge in [0.15, 0.2) is 6.10 Å². The van der Waals surface area contributed by atoms with Crippen molar-refractivity contribution >= 4 is 27.4 Å². The molecule has 2 rings (SSSR count). The summed E-state index contributed by atoms with van der Waals surface area (Å²) < 4.78 is 52.7. The molecule has 0 aromatic heterocycles. The van der Waals surface area contributed by atoms with Crippen LogP contribution in [0.2, 0.25) is 0 Å². The van der Waals surface area contributed by atoms with Crippen LogP contribution in [0.15, 0.2) is 53.4 Å². The molecule has 146 valence electrons. The molecule has 2 aromatic carbocycles. The van der Waals surface area contributed by atoms with E-state index in [1.54, 1.807) is 12.1 Å². The van der Waals surface area contributed by atoms with Crippen LogP contribution in [0, 0.1) is 11.3 Å². The number of nitrogens with zero attached hydrogens (tertiary/aromatic N) is 1. The van der Waals surface area contributed by atoms with Crippen LogP contribution in [0.5, 0.6) is 0 Å². The van der Waals surface area contributed by atoms with Crippen molar-refractivity contribution in [1.29, 1.82) is 5.26 Å². The van der Waals surface area contributed by atoms with Crippen molar-refractivity contribution in [2.75, 3.05) is 5.32 Å². The number of benzene rings is 2. The van der Waals surface area contributed by atoms with Gasteiger partial charge in [-0.15, -0.1) is 0 Å². The fraction of sp³-hybridized carbons (Fsp3) is 0.167. The Kier molecular flexibility index (Phi) is 6.43. The predicted molar refractivity (Wildman–Crippen MR) is 94.3 cm³/mol. The van der Waals surface area contributed by atoms with Gasteiger partial charge in [-0.1, -0.05) is 12.1 Å². The van der Waals surface area contributed by atoms with Crippen LogP contribution in [0.25, 0.3) is 0 Å². The number of hydrogen-bond acceptors (Lipinski definition) is 6. The Balaban J connectivity index is 2.06. The topological polar surface area (TPSA) is 113 Å². The van der Waals surface area contributed by atoms with Crippen LogP contribution < -0.4 is 5.32 Å². The van der Waals surface area contributed by atoms with Gasteiger partial charge < -0.3 is 10.1 Å². The van der Waals surface area contributed by atoms with Gasteiger partial charge >= 0.3 is 11.7 Å². The largest absolute Gasteiger partial charge is 0.449 e. The van der Waals surface area contributed by atoms with Crippen molar-refractivity contribution in [2.45, 2.75) is 23.7 Å². The Labute approximate surface area is 159 Å². The van der Waals surface area contributed by atoms with Crippen LogP contribution in [0.1, 0.15) is 22.8 Å². The number of amides is 1. The number of rotatable bonds is 6. The fourth-order valence-electron chi connectivity index (χ4n) is 2.09. The summed E-state index contributed by atoms with van der Waals surface area (Å²) in [6, 6.07) is 11.9. The molecule has 0 aliphatic heterocycles. The maximum atomic E-state index is 12.5. The van der Waals surface area contributed by atoms with Crippen molar-refractivity contribution in [3.05, 3.63) is 59.7 Å².